The van der Waals surface area contributed by atoms with Crippen molar-refractivity contribution in [2.45, 2.75) is 38.1 Å². The molecule has 1 heterocycles. The third-order valence-electron chi connectivity index (χ3n) is 4.08. The van der Waals surface area contributed by atoms with Crippen LogP contribution in [-0.2, 0) is 7.05 Å². The van der Waals surface area contributed by atoms with Crippen LogP contribution < -0.4 is 10.5 Å². The van der Waals surface area contributed by atoms with Gasteiger partial charge >= 0.3 is 0 Å². The third-order valence-corrected chi connectivity index (χ3v) is 5.15. The molecule has 3 rings (SSSR count). The lowest BCUT2D eigenvalue weighted by Crippen LogP contribution is -2.18. The highest BCUT2D eigenvalue weighted by Gasteiger charge is 2.14. The number of nitrogens with zero attached hydrogens (tertiary/aromatic N) is 3. The Bertz CT molecular complexity index is 788. The van der Waals surface area contributed by atoms with Crippen molar-refractivity contribution in [1.29, 1.82) is 0 Å². The Balaban J connectivity index is 1.92. The molecular formula is C16H20N4O2S. The molecule has 122 valence electrons. The van der Waals surface area contributed by atoms with Crippen LogP contribution in [-0.4, -0.2) is 26.8 Å². The topological polar surface area (TPSA) is 93.5 Å². The zero-order chi connectivity index (χ0) is 16.4. The van der Waals surface area contributed by atoms with E-state index in [-0.39, 0.29) is 11.3 Å². The Labute approximate surface area is 138 Å². The number of rotatable bonds is 3. The van der Waals surface area contributed by atoms with Crippen LogP contribution in [0.5, 0.6) is 5.75 Å². The van der Waals surface area contributed by atoms with E-state index < -0.39 is 5.91 Å². The van der Waals surface area contributed by atoms with E-state index in [0.29, 0.717) is 6.04 Å². The Hall–Kier alpha value is -2.15. The third kappa shape index (κ3) is 3.44. The smallest absolute Gasteiger partial charge is 0.252 e. The van der Waals surface area contributed by atoms with E-state index in [9.17, 15) is 9.90 Å². The average molecular weight is 332 g/mol. The molecule has 0 atom stereocenters. The Morgan fingerprint density at radius 3 is 2.78 bits per heavy atom. The van der Waals surface area contributed by atoms with Gasteiger partial charge in [-0.25, -0.2) is 4.68 Å². The van der Waals surface area contributed by atoms with Gasteiger partial charge in [-0.1, -0.05) is 36.7 Å². The van der Waals surface area contributed by atoms with E-state index in [1.54, 1.807) is 10.7 Å². The first kappa shape index (κ1) is 15.7. The minimum atomic E-state index is -0.647. The molecule has 6 nitrogen and oxygen atoms in total. The standard InChI is InChI=1S/C16H20N4O2S/c1-20-16(18-11-5-3-2-4-6-11)23-15(19-20)10-7-8-12(14(17)22)13(21)9-10/h7-9,11,21H,2-6H2,1H3,(H2,17,22)/b18-16+. The number of phenols is 1. The minimum Gasteiger partial charge on any atom is -0.507 e. The van der Waals surface area contributed by atoms with Crippen molar-refractivity contribution >= 4 is 17.2 Å². The zero-order valence-electron chi connectivity index (χ0n) is 13.0. The summed E-state index contributed by atoms with van der Waals surface area (Å²) in [6.07, 6.45) is 6.07. The molecule has 0 bridgehead atoms. The Morgan fingerprint density at radius 1 is 1.39 bits per heavy atom. The normalized spacial score (nSPS) is 16.7. The first-order chi connectivity index (χ1) is 11.0. The number of aromatic nitrogens is 2. The summed E-state index contributed by atoms with van der Waals surface area (Å²) in [5.74, 6) is -0.773. The molecule has 3 N–H and O–H groups in total. The second kappa shape index (κ2) is 6.54. The molecule has 0 spiro atoms. The summed E-state index contributed by atoms with van der Waals surface area (Å²) in [6.45, 7) is 0. The highest BCUT2D eigenvalue weighted by atomic mass is 32.1. The number of aromatic hydroxyl groups is 1. The molecule has 1 saturated carbocycles. The van der Waals surface area contributed by atoms with Crippen LogP contribution in [0.3, 0.4) is 0 Å². The van der Waals surface area contributed by atoms with Gasteiger partial charge in [0.25, 0.3) is 5.91 Å². The molecule has 7 heteroatoms. The van der Waals surface area contributed by atoms with Gasteiger partial charge in [0.2, 0.25) is 4.80 Å². The number of primary amides is 1. The predicted molar refractivity (Wildman–Crippen MR) is 89.1 cm³/mol. The van der Waals surface area contributed by atoms with Gasteiger partial charge in [-0.3, -0.25) is 9.79 Å². The van der Waals surface area contributed by atoms with Crippen LogP contribution in [0.1, 0.15) is 42.5 Å². The maximum absolute atomic E-state index is 11.2. The minimum absolute atomic E-state index is 0.113. The number of hydrogen-bond donors (Lipinski definition) is 2. The predicted octanol–water partition coefficient (Wildman–Crippen LogP) is 2.19. The van der Waals surface area contributed by atoms with Gasteiger partial charge in [0.05, 0.1) is 11.6 Å². The summed E-state index contributed by atoms with van der Waals surface area (Å²) >= 11 is 1.49. The molecule has 1 fully saturated rings. The number of hydrogen-bond acceptors (Lipinski definition) is 5. The van der Waals surface area contributed by atoms with Crippen LogP contribution >= 0.6 is 11.3 Å². The number of carbonyl (C=O) groups excluding carboxylic acids is 1. The molecule has 0 saturated heterocycles. The van der Waals surface area contributed by atoms with Crippen LogP contribution in [0.15, 0.2) is 23.2 Å². The molecule has 0 aliphatic heterocycles. The van der Waals surface area contributed by atoms with Gasteiger partial charge in [0, 0.05) is 12.6 Å². The van der Waals surface area contributed by atoms with Gasteiger partial charge in [0.1, 0.15) is 10.8 Å². The van der Waals surface area contributed by atoms with Gasteiger partial charge in [-0.05, 0) is 25.0 Å². The summed E-state index contributed by atoms with van der Waals surface area (Å²) < 4.78 is 1.77. The molecule has 0 unspecified atom stereocenters. The first-order valence-electron chi connectivity index (χ1n) is 7.76. The van der Waals surface area contributed by atoms with Gasteiger partial charge in [-0.15, -0.1) is 0 Å². The van der Waals surface area contributed by atoms with Crippen LogP contribution in [0.4, 0.5) is 0 Å². The van der Waals surface area contributed by atoms with E-state index in [1.165, 1.54) is 42.7 Å². The molecule has 1 aliphatic rings. The van der Waals surface area contributed by atoms with Crippen LogP contribution in [0.2, 0.25) is 0 Å². The molecule has 1 aromatic heterocycles. The van der Waals surface area contributed by atoms with E-state index in [0.717, 1.165) is 28.2 Å². The van der Waals surface area contributed by atoms with Crippen molar-refractivity contribution < 1.29 is 9.90 Å². The van der Waals surface area contributed by atoms with Crippen molar-refractivity contribution in [2.75, 3.05) is 0 Å². The lowest BCUT2D eigenvalue weighted by molar-refractivity contribution is 0.0998. The van der Waals surface area contributed by atoms with Crippen molar-refractivity contribution in [3.8, 4) is 16.3 Å². The highest BCUT2D eigenvalue weighted by Crippen LogP contribution is 2.26. The average Bonchev–Trinajstić information content (AvgIpc) is 2.89. The molecule has 1 aromatic carbocycles. The molecule has 23 heavy (non-hydrogen) atoms. The fourth-order valence-corrected chi connectivity index (χ4v) is 3.77. The van der Waals surface area contributed by atoms with E-state index in [1.807, 2.05) is 7.05 Å². The number of aryl methyl sites for hydroxylation is 1. The largest absolute Gasteiger partial charge is 0.507 e. The Morgan fingerprint density at radius 2 is 2.13 bits per heavy atom. The SMILES string of the molecule is Cn1nc(-c2ccc(C(N)=O)c(O)c2)s/c1=N/C1CCCCC1. The molecule has 1 aliphatic carbocycles. The summed E-state index contributed by atoms with van der Waals surface area (Å²) in [5.41, 5.74) is 6.07. The lowest BCUT2D eigenvalue weighted by Gasteiger charge is -2.16. The van der Waals surface area contributed by atoms with E-state index in [4.69, 9.17) is 10.7 Å². The summed E-state index contributed by atoms with van der Waals surface area (Å²) in [4.78, 5) is 16.9. The molecular weight excluding hydrogens is 312 g/mol. The lowest BCUT2D eigenvalue weighted by atomic mass is 9.96. The van der Waals surface area contributed by atoms with Crippen molar-refractivity contribution in [1.82, 2.24) is 9.78 Å². The second-order valence-electron chi connectivity index (χ2n) is 5.83. The maximum Gasteiger partial charge on any atom is 0.252 e. The van der Waals surface area contributed by atoms with Gasteiger partial charge in [0.15, 0.2) is 0 Å². The molecule has 1 amide bonds. The summed E-state index contributed by atoms with van der Waals surface area (Å²) in [6, 6.07) is 5.16. The summed E-state index contributed by atoms with van der Waals surface area (Å²) in [5, 5.41) is 15.1. The van der Waals surface area contributed by atoms with E-state index >= 15 is 0 Å². The fourth-order valence-electron chi connectivity index (χ4n) is 2.82. The second-order valence-corrected chi connectivity index (χ2v) is 6.79. The Kier molecular flexibility index (Phi) is 4.47. The number of nitrogens with two attached hydrogens (primary N) is 1. The maximum atomic E-state index is 11.2. The monoisotopic (exact) mass is 332 g/mol. The quantitative estimate of drug-likeness (QED) is 0.902. The number of carbonyl (C=O) groups is 1. The highest BCUT2D eigenvalue weighted by molar-refractivity contribution is 7.12. The van der Waals surface area contributed by atoms with Crippen molar-refractivity contribution in [2.24, 2.45) is 17.8 Å². The van der Waals surface area contributed by atoms with Crippen LogP contribution in [0, 0.1) is 0 Å². The zero-order valence-corrected chi connectivity index (χ0v) is 13.8. The number of amides is 1. The number of benzene rings is 1. The van der Waals surface area contributed by atoms with Gasteiger partial charge < -0.3 is 10.8 Å². The van der Waals surface area contributed by atoms with Crippen molar-refractivity contribution in [3.05, 3.63) is 28.6 Å². The van der Waals surface area contributed by atoms with E-state index in [2.05, 4.69) is 5.10 Å². The fraction of sp³-hybridized carbons (Fsp3) is 0.438. The first-order valence-corrected chi connectivity index (χ1v) is 8.57. The molecule has 0 radical (unpaired) electrons. The van der Waals surface area contributed by atoms with Crippen LogP contribution in [0.25, 0.3) is 10.6 Å². The molecule has 2 aromatic rings. The van der Waals surface area contributed by atoms with Crippen molar-refractivity contribution in [3.63, 3.8) is 0 Å². The van der Waals surface area contributed by atoms with Gasteiger partial charge in [-0.2, -0.15) is 5.10 Å². The summed E-state index contributed by atoms with van der Waals surface area (Å²) in [7, 11) is 1.87.